The molecule has 0 amide bonds. The number of aliphatic imine (C=N–C) groups is 1. The van der Waals surface area contributed by atoms with Crippen molar-refractivity contribution >= 4 is 29.9 Å². The monoisotopic (exact) mass is 484 g/mol. The highest BCUT2D eigenvalue weighted by molar-refractivity contribution is 14.0. The minimum atomic E-state index is 0. The van der Waals surface area contributed by atoms with Crippen LogP contribution in [0.4, 0.5) is 0 Å². The van der Waals surface area contributed by atoms with Gasteiger partial charge in [-0.2, -0.15) is 0 Å². The van der Waals surface area contributed by atoms with Crippen molar-refractivity contribution in [1.29, 1.82) is 0 Å². The van der Waals surface area contributed by atoms with Gasteiger partial charge in [0.2, 0.25) is 5.88 Å². The molecule has 2 rings (SSSR count). The molecule has 0 saturated heterocycles. The normalized spacial score (nSPS) is 11.0. The van der Waals surface area contributed by atoms with E-state index in [-0.39, 0.29) is 24.0 Å². The number of nitrogens with zero attached hydrogens (tertiary/aromatic N) is 2. The van der Waals surface area contributed by atoms with E-state index in [4.69, 9.17) is 15.2 Å². The Morgan fingerprint density at radius 1 is 1.19 bits per heavy atom. The topological polar surface area (TPSA) is 81.8 Å². The van der Waals surface area contributed by atoms with Crippen LogP contribution in [0.5, 0.6) is 17.4 Å². The summed E-state index contributed by atoms with van der Waals surface area (Å²) in [5, 5.41) is 3.10. The lowest BCUT2D eigenvalue weighted by Gasteiger charge is -2.13. The summed E-state index contributed by atoms with van der Waals surface area (Å²) in [4.78, 5) is 8.71. The number of hydrogen-bond donors (Lipinski definition) is 2. The number of ether oxygens (including phenoxy) is 2. The highest BCUT2D eigenvalue weighted by Gasteiger charge is 2.10. The van der Waals surface area contributed by atoms with Crippen LogP contribution in [-0.2, 0) is 6.54 Å². The number of hydrogen-bond acceptors (Lipinski definition) is 4. The summed E-state index contributed by atoms with van der Waals surface area (Å²) in [6.45, 7) is 8.11. The third-order valence-electron chi connectivity index (χ3n) is 3.48. The maximum Gasteiger partial charge on any atom is 0.224 e. The van der Waals surface area contributed by atoms with Crippen molar-refractivity contribution in [3.8, 4) is 17.4 Å². The van der Waals surface area contributed by atoms with E-state index < -0.39 is 0 Å². The van der Waals surface area contributed by atoms with Crippen LogP contribution in [0.1, 0.15) is 32.8 Å². The molecule has 0 bridgehead atoms. The fourth-order valence-electron chi connectivity index (χ4n) is 2.14. The van der Waals surface area contributed by atoms with Crippen LogP contribution >= 0.6 is 24.0 Å². The summed E-state index contributed by atoms with van der Waals surface area (Å²) < 4.78 is 11.7. The highest BCUT2D eigenvalue weighted by Crippen LogP contribution is 2.32. The van der Waals surface area contributed by atoms with E-state index in [1.165, 1.54) is 0 Å². The lowest BCUT2D eigenvalue weighted by Crippen LogP contribution is -2.34. The molecule has 0 aliphatic carbocycles. The molecule has 148 valence electrons. The standard InChI is InChI=1S/C20H28N4O2.HI/c1-4-12-25-17-9-5-6-10-18(17)26-19-16(8-7-11-22-19)14-24-20(21)23-13-15(2)3;/h5-11,15H,4,12-14H2,1-3H3,(H3,21,23,24);1H. The van der Waals surface area contributed by atoms with E-state index in [1.54, 1.807) is 6.20 Å². The molecule has 0 fully saturated rings. The summed E-state index contributed by atoms with van der Waals surface area (Å²) >= 11 is 0. The molecule has 2 aromatic rings. The summed E-state index contributed by atoms with van der Waals surface area (Å²) in [5.74, 6) is 2.75. The van der Waals surface area contributed by atoms with Gasteiger partial charge in [0.05, 0.1) is 13.2 Å². The fourth-order valence-corrected chi connectivity index (χ4v) is 2.14. The van der Waals surface area contributed by atoms with Crippen LogP contribution in [0.3, 0.4) is 0 Å². The molecule has 0 aliphatic rings. The largest absolute Gasteiger partial charge is 0.490 e. The number of halogens is 1. The van der Waals surface area contributed by atoms with Crippen LogP contribution in [0.2, 0.25) is 0 Å². The molecule has 0 saturated carbocycles. The first-order chi connectivity index (χ1) is 12.6. The molecule has 1 aromatic heterocycles. The van der Waals surface area contributed by atoms with E-state index in [2.05, 4.69) is 36.1 Å². The maximum atomic E-state index is 6.00. The Morgan fingerprint density at radius 2 is 1.93 bits per heavy atom. The van der Waals surface area contributed by atoms with Gasteiger partial charge >= 0.3 is 0 Å². The van der Waals surface area contributed by atoms with E-state index in [9.17, 15) is 0 Å². The molecule has 0 radical (unpaired) electrons. The number of rotatable bonds is 9. The average Bonchev–Trinajstić information content (AvgIpc) is 2.65. The molecule has 1 heterocycles. The summed E-state index contributed by atoms with van der Waals surface area (Å²) in [6.07, 6.45) is 2.62. The van der Waals surface area contributed by atoms with E-state index in [0.717, 1.165) is 18.5 Å². The zero-order valence-electron chi connectivity index (χ0n) is 16.1. The van der Waals surface area contributed by atoms with Gasteiger partial charge in [-0.25, -0.2) is 9.98 Å². The molecule has 27 heavy (non-hydrogen) atoms. The number of nitrogens with two attached hydrogens (primary N) is 1. The van der Waals surface area contributed by atoms with Crippen molar-refractivity contribution in [2.75, 3.05) is 13.2 Å². The summed E-state index contributed by atoms with van der Waals surface area (Å²) in [7, 11) is 0. The zero-order valence-corrected chi connectivity index (χ0v) is 18.5. The average molecular weight is 484 g/mol. The Morgan fingerprint density at radius 3 is 2.63 bits per heavy atom. The Balaban J connectivity index is 0.00000364. The second-order valence-electron chi connectivity index (χ2n) is 6.34. The SMILES string of the molecule is CCCOc1ccccc1Oc1ncccc1CN=C(N)NCC(C)C.I. The molecule has 0 unspecified atom stereocenters. The smallest absolute Gasteiger partial charge is 0.224 e. The van der Waals surface area contributed by atoms with Crippen molar-refractivity contribution < 1.29 is 9.47 Å². The molecule has 3 N–H and O–H groups in total. The number of pyridine rings is 1. The molecule has 6 nitrogen and oxygen atoms in total. The Hall–Kier alpha value is -2.03. The molecule has 0 atom stereocenters. The van der Waals surface area contributed by atoms with E-state index in [0.29, 0.717) is 42.4 Å². The quantitative estimate of drug-likeness (QED) is 0.315. The first-order valence-electron chi connectivity index (χ1n) is 8.97. The molecular weight excluding hydrogens is 455 g/mol. The van der Waals surface area contributed by atoms with Crippen molar-refractivity contribution in [2.24, 2.45) is 16.6 Å². The molecule has 7 heteroatoms. The van der Waals surface area contributed by atoms with E-state index >= 15 is 0 Å². The maximum absolute atomic E-state index is 6.00. The Labute approximate surface area is 178 Å². The number of guanidine groups is 1. The van der Waals surface area contributed by atoms with Gasteiger partial charge in [-0.05, 0) is 30.5 Å². The first kappa shape index (κ1) is 23.0. The van der Waals surface area contributed by atoms with Crippen LogP contribution < -0.4 is 20.5 Å². The Bertz CT molecular complexity index is 723. The third kappa shape index (κ3) is 8.03. The van der Waals surface area contributed by atoms with Gasteiger partial charge in [0.1, 0.15) is 0 Å². The third-order valence-corrected chi connectivity index (χ3v) is 3.48. The molecule has 0 spiro atoms. The van der Waals surface area contributed by atoms with Gasteiger partial charge < -0.3 is 20.5 Å². The van der Waals surface area contributed by atoms with Crippen molar-refractivity contribution in [3.63, 3.8) is 0 Å². The second-order valence-corrected chi connectivity index (χ2v) is 6.34. The van der Waals surface area contributed by atoms with Gasteiger partial charge in [0.15, 0.2) is 17.5 Å². The first-order valence-corrected chi connectivity index (χ1v) is 8.97. The van der Waals surface area contributed by atoms with Crippen molar-refractivity contribution in [2.45, 2.75) is 33.7 Å². The van der Waals surface area contributed by atoms with Gasteiger partial charge in [0.25, 0.3) is 0 Å². The fraction of sp³-hybridized carbons (Fsp3) is 0.400. The predicted molar refractivity (Wildman–Crippen MR) is 120 cm³/mol. The van der Waals surface area contributed by atoms with Crippen LogP contribution in [0.25, 0.3) is 0 Å². The van der Waals surface area contributed by atoms with E-state index in [1.807, 2.05) is 36.4 Å². The number of nitrogens with one attached hydrogen (secondary N) is 1. The van der Waals surface area contributed by atoms with Crippen LogP contribution in [0, 0.1) is 5.92 Å². The zero-order chi connectivity index (χ0) is 18.8. The second kappa shape index (κ2) is 12.4. The predicted octanol–water partition coefficient (Wildman–Crippen LogP) is 4.34. The Kier molecular flexibility index (Phi) is 10.5. The molecule has 0 aliphatic heterocycles. The summed E-state index contributed by atoms with van der Waals surface area (Å²) in [6, 6.07) is 11.4. The van der Waals surface area contributed by atoms with Crippen LogP contribution in [0.15, 0.2) is 47.6 Å². The minimum absolute atomic E-state index is 0. The van der Waals surface area contributed by atoms with Crippen molar-refractivity contribution in [3.05, 3.63) is 48.2 Å². The summed E-state index contributed by atoms with van der Waals surface area (Å²) in [5.41, 5.74) is 6.76. The lowest BCUT2D eigenvalue weighted by molar-refractivity contribution is 0.300. The van der Waals surface area contributed by atoms with Gasteiger partial charge in [-0.1, -0.05) is 39.0 Å². The number of benzene rings is 1. The van der Waals surface area contributed by atoms with Crippen LogP contribution in [-0.4, -0.2) is 24.1 Å². The number of aromatic nitrogens is 1. The van der Waals surface area contributed by atoms with Gasteiger partial charge in [0, 0.05) is 18.3 Å². The highest BCUT2D eigenvalue weighted by atomic mass is 127. The molecule has 1 aromatic carbocycles. The molecular formula is C20H29IN4O2. The van der Waals surface area contributed by atoms with Gasteiger partial charge in [-0.3, -0.25) is 0 Å². The minimum Gasteiger partial charge on any atom is -0.490 e. The lowest BCUT2D eigenvalue weighted by atomic mass is 10.2. The van der Waals surface area contributed by atoms with Crippen molar-refractivity contribution in [1.82, 2.24) is 10.3 Å². The number of para-hydroxylation sites is 2. The van der Waals surface area contributed by atoms with Gasteiger partial charge in [-0.15, -0.1) is 24.0 Å².